The molecule has 0 N–H and O–H groups in total. The number of rotatable bonds is 3. The van der Waals surface area contributed by atoms with Crippen molar-refractivity contribution in [1.29, 1.82) is 5.26 Å². The summed E-state index contributed by atoms with van der Waals surface area (Å²) in [7, 11) is 0. The standard InChI is InChI=1S/C13H6BrFN2O3/c14-9-3-1-5-11(17(18)19)13(9)20-12-6-2-4-10(15)8(12)7-16/h1-6H. The lowest BCUT2D eigenvalue weighted by Gasteiger charge is -2.09. The largest absolute Gasteiger partial charge is 0.447 e. The maximum absolute atomic E-state index is 13.5. The SMILES string of the molecule is N#Cc1c(F)cccc1Oc1c(Br)cccc1[N+](=O)[O-]. The van der Waals surface area contributed by atoms with Crippen LogP contribution in [0.4, 0.5) is 10.1 Å². The molecule has 0 aromatic heterocycles. The molecule has 20 heavy (non-hydrogen) atoms. The molecule has 0 heterocycles. The van der Waals surface area contributed by atoms with Crippen molar-refractivity contribution in [2.24, 2.45) is 0 Å². The molecule has 7 heteroatoms. The summed E-state index contributed by atoms with van der Waals surface area (Å²) >= 11 is 3.13. The van der Waals surface area contributed by atoms with E-state index in [0.29, 0.717) is 4.47 Å². The number of halogens is 2. The molecule has 0 aliphatic rings. The second-order valence-electron chi connectivity index (χ2n) is 3.67. The van der Waals surface area contributed by atoms with Crippen LogP contribution in [0.1, 0.15) is 5.56 Å². The van der Waals surface area contributed by atoms with Crippen LogP contribution in [0.15, 0.2) is 40.9 Å². The van der Waals surface area contributed by atoms with Crippen LogP contribution in [0.25, 0.3) is 0 Å². The summed E-state index contributed by atoms with van der Waals surface area (Å²) in [6.07, 6.45) is 0. The van der Waals surface area contributed by atoms with Gasteiger partial charge in [0.25, 0.3) is 0 Å². The average molecular weight is 337 g/mol. The van der Waals surface area contributed by atoms with Crippen molar-refractivity contribution in [3.8, 4) is 17.6 Å². The number of hydrogen-bond acceptors (Lipinski definition) is 4. The van der Waals surface area contributed by atoms with Gasteiger partial charge in [0, 0.05) is 6.07 Å². The molecule has 0 saturated carbocycles. The number of nitriles is 1. The molecule has 0 atom stereocenters. The van der Waals surface area contributed by atoms with E-state index in [4.69, 9.17) is 10.00 Å². The Morgan fingerprint density at radius 3 is 2.65 bits per heavy atom. The lowest BCUT2D eigenvalue weighted by molar-refractivity contribution is -0.385. The third-order valence-electron chi connectivity index (χ3n) is 2.44. The number of ether oxygens (including phenoxy) is 1. The predicted molar refractivity (Wildman–Crippen MR) is 72.0 cm³/mol. The lowest BCUT2D eigenvalue weighted by Crippen LogP contribution is -1.96. The highest BCUT2D eigenvalue weighted by Crippen LogP contribution is 2.39. The molecule has 0 amide bonds. The Balaban J connectivity index is 2.54. The van der Waals surface area contributed by atoms with Gasteiger partial charge in [-0.3, -0.25) is 10.1 Å². The van der Waals surface area contributed by atoms with Crippen LogP contribution >= 0.6 is 15.9 Å². The van der Waals surface area contributed by atoms with E-state index in [9.17, 15) is 14.5 Å². The van der Waals surface area contributed by atoms with Crippen molar-refractivity contribution in [3.05, 3.63) is 62.4 Å². The quantitative estimate of drug-likeness (QED) is 0.622. The third-order valence-corrected chi connectivity index (χ3v) is 3.07. The van der Waals surface area contributed by atoms with Gasteiger partial charge >= 0.3 is 5.69 Å². The van der Waals surface area contributed by atoms with Crippen LogP contribution in [-0.4, -0.2) is 4.92 Å². The molecular formula is C13H6BrFN2O3. The van der Waals surface area contributed by atoms with Crippen LogP contribution in [-0.2, 0) is 0 Å². The first-order valence-electron chi connectivity index (χ1n) is 5.34. The number of benzene rings is 2. The van der Waals surface area contributed by atoms with Crippen molar-refractivity contribution in [1.82, 2.24) is 0 Å². The molecule has 0 saturated heterocycles. The van der Waals surface area contributed by atoms with E-state index >= 15 is 0 Å². The van der Waals surface area contributed by atoms with Crippen LogP contribution in [0.5, 0.6) is 11.5 Å². The van der Waals surface area contributed by atoms with E-state index in [-0.39, 0.29) is 22.7 Å². The van der Waals surface area contributed by atoms with Gasteiger partial charge in [-0.2, -0.15) is 5.26 Å². The Morgan fingerprint density at radius 2 is 2.00 bits per heavy atom. The fraction of sp³-hybridized carbons (Fsp3) is 0. The second-order valence-corrected chi connectivity index (χ2v) is 4.53. The summed E-state index contributed by atoms with van der Waals surface area (Å²) < 4.78 is 19.2. The van der Waals surface area contributed by atoms with Crippen LogP contribution < -0.4 is 4.74 Å². The number of para-hydroxylation sites is 1. The zero-order valence-electron chi connectivity index (χ0n) is 9.84. The Kier molecular flexibility index (Phi) is 3.96. The first kappa shape index (κ1) is 14.0. The Labute approximate surface area is 121 Å². The third kappa shape index (κ3) is 2.60. The van der Waals surface area contributed by atoms with Gasteiger partial charge in [-0.25, -0.2) is 4.39 Å². The van der Waals surface area contributed by atoms with Gasteiger partial charge in [0.1, 0.15) is 23.2 Å². The van der Waals surface area contributed by atoms with Crippen LogP contribution in [0.3, 0.4) is 0 Å². The van der Waals surface area contributed by atoms with Crippen LogP contribution in [0, 0.1) is 27.3 Å². The van der Waals surface area contributed by atoms with Crippen molar-refractivity contribution >= 4 is 21.6 Å². The zero-order valence-corrected chi connectivity index (χ0v) is 11.4. The Bertz CT molecular complexity index is 728. The molecular weight excluding hydrogens is 331 g/mol. The monoisotopic (exact) mass is 336 g/mol. The van der Waals surface area contributed by atoms with Gasteiger partial charge in [0.05, 0.1) is 9.40 Å². The Hall–Kier alpha value is -2.46. The lowest BCUT2D eigenvalue weighted by atomic mass is 10.2. The number of nitro groups is 1. The molecule has 2 aromatic carbocycles. The van der Waals surface area contributed by atoms with Crippen molar-refractivity contribution < 1.29 is 14.1 Å². The van der Waals surface area contributed by atoms with E-state index in [2.05, 4.69) is 15.9 Å². The summed E-state index contributed by atoms with van der Waals surface area (Å²) in [5.41, 5.74) is -0.593. The Morgan fingerprint density at radius 1 is 1.30 bits per heavy atom. The summed E-state index contributed by atoms with van der Waals surface area (Å²) in [6, 6.07) is 9.78. The molecule has 0 fully saturated rings. The fourth-order valence-electron chi connectivity index (χ4n) is 1.55. The molecule has 0 spiro atoms. The molecule has 2 rings (SSSR count). The van der Waals surface area contributed by atoms with E-state index in [1.807, 2.05) is 0 Å². The number of hydrogen-bond donors (Lipinski definition) is 0. The van der Waals surface area contributed by atoms with Gasteiger partial charge < -0.3 is 4.74 Å². The maximum Gasteiger partial charge on any atom is 0.312 e. The molecule has 0 unspecified atom stereocenters. The average Bonchev–Trinajstić information content (AvgIpc) is 2.41. The normalized spacial score (nSPS) is 9.85. The minimum atomic E-state index is -0.750. The molecule has 0 aliphatic carbocycles. The molecule has 5 nitrogen and oxygen atoms in total. The minimum Gasteiger partial charge on any atom is -0.447 e. The summed E-state index contributed by atoms with van der Waals surface area (Å²) in [4.78, 5) is 10.3. The molecule has 2 aromatic rings. The first-order valence-corrected chi connectivity index (χ1v) is 6.13. The summed E-state index contributed by atoms with van der Waals surface area (Å²) in [6.45, 7) is 0. The number of nitro benzene ring substituents is 1. The highest BCUT2D eigenvalue weighted by molar-refractivity contribution is 9.10. The van der Waals surface area contributed by atoms with Crippen molar-refractivity contribution in [2.45, 2.75) is 0 Å². The van der Waals surface area contributed by atoms with Crippen LogP contribution in [0.2, 0.25) is 0 Å². The minimum absolute atomic E-state index is 0.0810. The molecule has 0 bridgehead atoms. The smallest absolute Gasteiger partial charge is 0.312 e. The topological polar surface area (TPSA) is 76.2 Å². The highest BCUT2D eigenvalue weighted by atomic mass is 79.9. The van der Waals surface area contributed by atoms with Crippen molar-refractivity contribution in [3.63, 3.8) is 0 Å². The zero-order chi connectivity index (χ0) is 14.7. The first-order chi connectivity index (χ1) is 9.54. The predicted octanol–water partition coefficient (Wildman–Crippen LogP) is 4.16. The van der Waals surface area contributed by atoms with E-state index < -0.39 is 10.7 Å². The summed E-state index contributed by atoms with van der Waals surface area (Å²) in [5.74, 6) is -0.915. The van der Waals surface area contributed by atoms with Gasteiger partial charge in [-0.05, 0) is 34.1 Å². The van der Waals surface area contributed by atoms with E-state index in [0.717, 1.165) is 6.07 Å². The fourth-order valence-corrected chi connectivity index (χ4v) is 1.99. The molecule has 0 radical (unpaired) electrons. The molecule has 0 aliphatic heterocycles. The summed E-state index contributed by atoms with van der Waals surface area (Å²) in [5, 5.41) is 19.9. The van der Waals surface area contributed by atoms with Gasteiger partial charge in [0.2, 0.25) is 5.75 Å². The van der Waals surface area contributed by atoms with E-state index in [1.165, 1.54) is 24.3 Å². The van der Waals surface area contributed by atoms with Gasteiger partial charge in [-0.15, -0.1) is 0 Å². The highest BCUT2D eigenvalue weighted by Gasteiger charge is 2.20. The number of nitrogens with zero attached hydrogens (tertiary/aromatic N) is 2. The van der Waals surface area contributed by atoms with E-state index in [1.54, 1.807) is 12.1 Å². The van der Waals surface area contributed by atoms with Gasteiger partial charge in [0.15, 0.2) is 0 Å². The van der Waals surface area contributed by atoms with Gasteiger partial charge in [-0.1, -0.05) is 12.1 Å². The second kappa shape index (κ2) is 5.67. The molecule has 100 valence electrons. The van der Waals surface area contributed by atoms with Crippen molar-refractivity contribution in [2.75, 3.05) is 0 Å². The maximum atomic E-state index is 13.5.